The molecule has 1 saturated heterocycles. The van der Waals surface area contributed by atoms with Crippen molar-refractivity contribution in [2.75, 3.05) is 13.1 Å². The SMILES string of the molecule is Cc1cc(O)c(C(=O)O)cc1S(=O)(=O)N1CCC1. The predicted octanol–water partition coefficient (Wildman–Crippen LogP) is 0.793. The van der Waals surface area contributed by atoms with Gasteiger partial charge in [0.25, 0.3) is 0 Å². The van der Waals surface area contributed by atoms with Gasteiger partial charge in [-0.25, -0.2) is 13.2 Å². The minimum atomic E-state index is -3.65. The summed E-state index contributed by atoms with van der Waals surface area (Å²) in [5, 5.41) is 18.4. The lowest BCUT2D eigenvalue weighted by atomic mass is 10.1. The molecule has 0 bridgehead atoms. The predicted molar refractivity (Wildman–Crippen MR) is 63.2 cm³/mol. The van der Waals surface area contributed by atoms with E-state index in [1.54, 1.807) is 0 Å². The maximum atomic E-state index is 12.2. The van der Waals surface area contributed by atoms with Gasteiger partial charge in [0.2, 0.25) is 10.0 Å². The topological polar surface area (TPSA) is 94.9 Å². The maximum absolute atomic E-state index is 12.2. The Morgan fingerprint density at radius 1 is 1.33 bits per heavy atom. The fourth-order valence-electron chi connectivity index (χ4n) is 1.79. The molecule has 6 nitrogen and oxygen atoms in total. The molecular weight excluding hydrogens is 258 g/mol. The zero-order chi connectivity index (χ0) is 13.5. The van der Waals surface area contributed by atoms with E-state index in [0.717, 1.165) is 18.6 Å². The molecule has 1 aliphatic heterocycles. The van der Waals surface area contributed by atoms with E-state index < -0.39 is 27.3 Å². The van der Waals surface area contributed by atoms with Crippen molar-refractivity contribution in [3.05, 3.63) is 23.3 Å². The van der Waals surface area contributed by atoms with Gasteiger partial charge >= 0.3 is 5.97 Å². The Kier molecular flexibility index (Phi) is 3.04. The number of rotatable bonds is 3. The third-order valence-electron chi connectivity index (χ3n) is 2.96. The number of carbonyl (C=O) groups is 1. The van der Waals surface area contributed by atoms with E-state index >= 15 is 0 Å². The highest BCUT2D eigenvalue weighted by Crippen LogP contribution is 2.29. The average molecular weight is 271 g/mol. The van der Waals surface area contributed by atoms with Crippen LogP contribution in [0.2, 0.25) is 0 Å². The molecule has 2 rings (SSSR count). The van der Waals surface area contributed by atoms with Crippen molar-refractivity contribution in [3.63, 3.8) is 0 Å². The van der Waals surface area contributed by atoms with Crippen LogP contribution in [0.5, 0.6) is 5.75 Å². The molecule has 0 unspecified atom stereocenters. The van der Waals surface area contributed by atoms with Gasteiger partial charge in [-0.05, 0) is 31.0 Å². The Morgan fingerprint density at radius 3 is 2.39 bits per heavy atom. The molecule has 1 fully saturated rings. The van der Waals surface area contributed by atoms with Crippen molar-refractivity contribution >= 4 is 16.0 Å². The van der Waals surface area contributed by atoms with Crippen LogP contribution < -0.4 is 0 Å². The zero-order valence-corrected chi connectivity index (χ0v) is 10.6. The summed E-state index contributed by atoms with van der Waals surface area (Å²) < 4.78 is 25.6. The molecule has 1 aromatic rings. The molecule has 0 radical (unpaired) electrons. The second kappa shape index (κ2) is 4.25. The van der Waals surface area contributed by atoms with Crippen LogP contribution in [-0.2, 0) is 10.0 Å². The van der Waals surface area contributed by atoms with E-state index in [1.165, 1.54) is 11.2 Å². The number of carboxylic acids is 1. The smallest absolute Gasteiger partial charge is 0.339 e. The molecule has 0 atom stereocenters. The quantitative estimate of drug-likeness (QED) is 0.847. The first-order valence-electron chi connectivity index (χ1n) is 5.41. The molecule has 0 spiro atoms. The Bertz CT molecular complexity index is 604. The summed E-state index contributed by atoms with van der Waals surface area (Å²) in [6.07, 6.45) is 0.808. The molecule has 0 aliphatic carbocycles. The zero-order valence-electron chi connectivity index (χ0n) is 9.75. The first kappa shape index (κ1) is 12.8. The van der Waals surface area contributed by atoms with Crippen LogP contribution in [-0.4, -0.2) is 42.0 Å². The van der Waals surface area contributed by atoms with Crippen molar-refractivity contribution in [2.45, 2.75) is 18.2 Å². The largest absolute Gasteiger partial charge is 0.507 e. The lowest BCUT2D eigenvalue weighted by Gasteiger charge is -2.30. The van der Waals surface area contributed by atoms with E-state index in [2.05, 4.69) is 0 Å². The van der Waals surface area contributed by atoms with Gasteiger partial charge in [0, 0.05) is 13.1 Å². The molecule has 98 valence electrons. The van der Waals surface area contributed by atoms with Crippen LogP contribution >= 0.6 is 0 Å². The molecule has 1 heterocycles. The first-order valence-corrected chi connectivity index (χ1v) is 6.85. The highest BCUT2D eigenvalue weighted by atomic mass is 32.2. The fraction of sp³-hybridized carbons (Fsp3) is 0.364. The summed E-state index contributed by atoms with van der Waals surface area (Å²) in [6, 6.07) is 2.18. The Labute approximate surface area is 105 Å². The summed E-state index contributed by atoms with van der Waals surface area (Å²) >= 11 is 0. The highest BCUT2D eigenvalue weighted by Gasteiger charge is 2.31. The minimum absolute atomic E-state index is 0.0580. The Morgan fingerprint density at radius 2 is 1.94 bits per heavy atom. The normalized spacial score (nSPS) is 16.3. The Balaban J connectivity index is 2.57. The molecule has 18 heavy (non-hydrogen) atoms. The third-order valence-corrected chi connectivity index (χ3v) is 5.00. The molecule has 7 heteroatoms. The van der Waals surface area contributed by atoms with Gasteiger partial charge in [-0.2, -0.15) is 4.31 Å². The summed E-state index contributed by atoms with van der Waals surface area (Å²) in [7, 11) is -3.65. The number of hydrogen-bond acceptors (Lipinski definition) is 4. The van der Waals surface area contributed by atoms with Crippen LogP contribution in [0.25, 0.3) is 0 Å². The second-order valence-corrected chi connectivity index (χ2v) is 6.10. The maximum Gasteiger partial charge on any atom is 0.339 e. The number of benzene rings is 1. The molecule has 2 N–H and O–H groups in total. The van der Waals surface area contributed by atoms with Crippen molar-refractivity contribution < 1.29 is 23.4 Å². The molecule has 1 aliphatic rings. The molecule has 0 aromatic heterocycles. The highest BCUT2D eigenvalue weighted by molar-refractivity contribution is 7.89. The number of carboxylic acid groups (broad SMARTS) is 1. The van der Waals surface area contributed by atoms with E-state index in [0.29, 0.717) is 18.7 Å². The van der Waals surface area contributed by atoms with E-state index in [1.807, 2.05) is 0 Å². The summed E-state index contributed by atoms with van der Waals surface area (Å²) in [5.74, 6) is -1.78. The lowest BCUT2D eigenvalue weighted by molar-refractivity contribution is 0.0693. The molecule has 0 saturated carbocycles. The lowest BCUT2D eigenvalue weighted by Crippen LogP contribution is -2.42. The number of aromatic carboxylic acids is 1. The van der Waals surface area contributed by atoms with E-state index in [-0.39, 0.29) is 4.90 Å². The summed E-state index contributed by atoms with van der Waals surface area (Å²) in [6.45, 7) is 2.42. The number of aryl methyl sites for hydroxylation is 1. The van der Waals surface area contributed by atoms with Gasteiger partial charge in [-0.1, -0.05) is 0 Å². The van der Waals surface area contributed by atoms with Gasteiger partial charge in [0.1, 0.15) is 11.3 Å². The minimum Gasteiger partial charge on any atom is -0.507 e. The first-order chi connectivity index (χ1) is 8.34. The third kappa shape index (κ3) is 1.95. The number of phenols is 1. The molecule has 0 amide bonds. The van der Waals surface area contributed by atoms with E-state index in [9.17, 15) is 18.3 Å². The number of sulfonamides is 1. The van der Waals surface area contributed by atoms with Gasteiger partial charge in [-0.15, -0.1) is 0 Å². The van der Waals surface area contributed by atoms with Crippen molar-refractivity contribution in [3.8, 4) is 5.75 Å². The van der Waals surface area contributed by atoms with Crippen LogP contribution in [0.15, 0.2) is 17.0 Å². The van der Waals surface area contributed by atoms with Gasteiger partial charge in [0.15, 0.2) is 0 Å². The average Bonchev–Trinajstić information content (AvgIpc) is 2.12. The van der Waals surface area contributed by atoms with Crippen LogP contribution in [0, 0.1) is 6.92 Å². The standard InChI is InChI=1S/C11H13NO5S/c1-7-5-9(13)8(11(14)15)6-10(7)18(16,17)12-3-2-4-12/h5-6,13H,2-4H2,1H3,(H,14,15). The van der Waals surface area contributed by atoms with Gasteiger partial charge in [0.05, 0.1) is 4.90 Å². The fourth-order valence-corrected chi connectivity index (χ4v) is 3.54. The van der Waals surface area contributed by atoms with Crippen LogP contribution in [0.3, 0.4) is 0 Å². The van der Waals surface area contributed by atoms with Crippen LogP contribution in [0.1, 0.15) is 22.3 Å². The monoisotopic (exact) mass is 271 g/mol. The van der Waals surface area contributed by atoms with Crippen molar-refractivity contribution in [1.29, 1.82) is 0 Å². The van der Waals surface area contributed by atoms with Crippen molar-refractivity contribution in [1.82, 2.24) is 4.31 Å². The van der Waals surface area contributed by atoms with Crippen LogP contribution in [0.4, 0.5) is 0 Å². The number of aromatic hydroxyl groups is 1. The molecular formula is C11H13NO5S. The van der Waals surface area contributed by atoms with Gasteiger partial charge in [-0.3, -0.25) is 0 Å². The summed E-state index contributed by atoms with van der Waals surface area (Å²) in [4.78, 5) is 10.8. The van der Waals surface area contributed by atoms with Crippen molar-refractivity contribution in [2.24, 2.45) is 0 Å². The summed E-state index contributed by atoms with van der Waals surface area (Å²) in [5.41, 5.74) is -0.0656. The second-order valence-electron chi connectivity index (χ2n) is 4.20. The Hall–Kier alpha value is -1.60. The van der Waals surface area contributed by atoms with Gasteiger partial charge < -0.3 is 10.2 Å². The molecule has 1 aromatic carbocycles. The number of nitrogens with zero attached hydrogens (tertiary/aromatic N) is 1. The van der Waals surface area contributed by atoms with E-state index in [4.69, 9.17) is 5.11 Å². The number of hydrogen-bond donors (Lipinski definition) is 2.